The molecule has 0 bridgehead atoms. The summed E-state index contributed by atoms with van der Waals surface area (Å²) in [6, 6.07) is 5.86. The van der Waals surface area contributed by atoms with Gasteiger partial charge in [0.1, 0.15) is 5.82 Å². The first-order chi connectivity index (χ1) is 9.83. The molecule has 0 aromatic carbocycles. The average Bonchev–Trinajstić information content (AvgIpc) is 3.31. The van der Waals surface area contributed by atoms with Crippen molar-refractivity contribution < 1.29 is 0 Å². The Kier molecular flexibility index (Phi) is 4.56. The molecule has 1 heterocycles. The summed E-state index contributed by atoms with van der Waals surface area (Å²) in [5, 5.41) is 3.54. The summed E-state index contributed by atoms with van der Waals surface area (Å²) in [6.07, 6.45) is 12.9. The van der Waals surface area contributed by atoms with Crippen molar-refractivity contribution in [1.29, 1.82) is 0 Å². The molecule has 0 unspecified atom stereocenters. The monoisotopic (exact) mass is 273 g/mol. The van der Waals surface area contributed by atoms with Crippen LogP contribution in [0.3, 0.4) is 0 Å². The van der Waals surface area contributed by atoms with Gasteiger partial charge in [0.2, 0.25) is 0 Å². The van der Waals surface area contributed by atoms with Crippen molar-refractivity contribution in [2.24, 2.45) is 0 Å². The Hall–Kier alpha value is -1.09. The minimum Gasteiger partial charge on any atom is -0.357 e. The number of anilines is 1. The van der Waals surface area contributed by atoms with Crippen LogP contribution in [-0.4, -0.2) is 24.1 Å². The first kappa shape index (κ1) is 13.9. The molecular weight excluding hydrogens is 246 g/mol. The third-order valence-corrected chi connectivity index (χ3v) is 4.72. The highest BCUT2D eigenvalue weighted by Crippen LogP contribution is 2.24. The molecule has 2 fully saturated rings. The van der Waals surface area contributed by atoms with Crippen molar-refractivity contribution in [3.63, 3.8) is 0 Å². The van der Waals surface area contributed by atoms with Crippen LogP contribution in [0, 0.1) is 0 Å². The fraction of sp³-hybridized carbons (Fsp3) is 0.706. The van der Waals surface area contributed by atoms with Gasteiger partial charge in [0.15, 0.2) is 0 Å². The Bertz CT molecular complexity index is 403. The van der Waals surface area contributed by atoms with Gasteiger partial charge >= 0.3 is 0 Å². The highest BCUT2D eigenvalue weighted by molar-refractivity contribution is 5.39. The summed E-state index contributed by atoms with van der Waals surface area (Å²) >= 11 is 0. The van der Waals surface area contributed by atoms with E-state index in [9.17, 15) is 0 Å². The van der Waals surface area contributed by atoms with E-state index in [0.29, 0.717) is 6.04 Å². The second kappa shape index (κ2) is 6.57. The molecule has 20 heavy (non-hydrogen) atoms. The summed E-state index contributed by atoms with van der Waals surface area (Å²) in [4.78, 5) is 7.06. The van der Waals surface area contributed by atoms with Gasteiger partial charge < -0.3 is 10.2 Å². The normalized spacial score (nSPS) is 20.6. The van der Waals surface area contributed by atoms with Crippen LogP contribution < -0.4 is 10.2 Å². The van der Waals surface area contributed by atoms with Crippen LogP contribution in [0.1, 0.15) is 56.9 Å². The molecule has 1 N–H and O–H groups in total. The highest BCUT2D eigenvalue weighted by atomic mass is 15.2. The Morgan fingerprint density at radius 3 is 2.45 bits per heavy atom. The fourth-order valence-electron chi connectivity index (χ4n) is 3.11. The molecule has 110 valence electrons. The van der Waals surface area contributed by atoms with E-state index >= 15 is 0 Å². The minimum atomic E-state index is 0.681. The van der Waals surface area contributed by atoms with E-state index in [-0.39, 0.29) is 0 Å². The lowest BCUT2D eigenvalue weighted by atomic mass is 10.1. The number of rotatable bonds is 5. The van der Waals surface area contributed by atoms with Crippen LogP contribution in [0.25, 0.3) is 0 Å². The second-order valence-corrected chi connectivity index (χ2v) is 6.44. The molecule has 0 radical (unpaired) electrons. The van der Waals surface area contributed by atoms with Crippen molar-refractivity contribution in [1.82, 2.24) is 10.3 Å². The molecule has 3 rings (SSSR count). The minimum absolute atomic E-state index is 0.681. The van der Waals surface area contributed by atoms with Gasteiger partial charge in [-0.05, 0) is 37.3 Å². The summed E-state index contributed by atoms with van der Waals surface area (Å²) < 4.78 is 0. The maximum atomic E-state index is 4.67. The van der Waals surface area contributed by atoms with Gasteiger partial charge in [-0.1, -0.05) is 31.7 Å². The lowest BCUT2D eigenvalue weighted by Crippen LogP contribution is -2.31. The van der Waals surface area contributed by atoms with Crippen molar-refractivity contribution >= 4 is 5.82 Å². The van der Waals surface area contributed by atoms with E-state index in [4.69, 9.17) is 0 Å². The highest BCUT2D eigenvalue weighted by Gasteiger charge is 2.20. The smallest absolute Gasteiger partial charge is 0.128 e. The standard InChI is InChI=1S/C17H27N3/c1-20(16-6-4-2-3-5-7-16)17-11-8-14(13-19-17)12-18-15-9-10-15/h8,11,13,15-16,18H,2-7,9-10,12H2,1H3. The fourth-order valence-corrected chi connectivity index (χ4v) is 3.11. The van der Waals surface area contributed by atoms with E-state index in [1.54, 1.807) is 0 Å². The third kappa shape index (κ3) is 3.72. The van der Waals surface area contributed by atoms with Crippen LogP contribution in [0.15, 0.2) is 18.3 Å². The number of nitrogens with one attached hydrogen (secondary N) is 1. The maximum Gasteiger partial charge on any atom is 0.128 e. The molecule has 0 atom stereocenters. The summed E-state index contributed by atoms with van der Waals surface area (Å²) in [6.45, 7) is 0.963. The molecule has 2 saturated carbocycles. The zero-order chi connectivity index (χ0) is 13.8. The van der Waals surface area contributed by atoms with Crippen molar-refractivity contribution in [2.45, 2.75) is 70.0 Å². The maximum absolute atomic E-state index is 4.67. The third-order valence-electron chi connectivity index (χ3n) is 4.72. The molecule has 1 aromatic rings. The van der Waals surface area contributed by atoms with Gasteiger partial charge in [-0.2, -0.15) is 0 Å². The SMILES string of the molecule is CN(c1ccc(CNC2CC2)cn1)C1CCCCCC1. The predicted octanol–water partition coefficient (Wildman–Crippen LogP) is 3.49. The molecule has 2 aliphatic rings. The van der Waals surface area contributed by atoms with E-state index in [1.807, 2.05) is 6.20 Å². The summed E-state index contributed by atoms with van der Waals surface area (Å²) in [5.41, 5.74) is 1.30. The number of aromatic nitrogens is 1. The van der Waals surface area contributed by atoms with E-state index in [2.05, 4.69) is 34.4 Å². The molecule has 1 aromatic heterocycles. The Labute approximate surface area is 122 Å². The lowest BCUT2D eigenvalue weighted by Gasteiger charge is -2.28. The first-order valence-electron chi connectivity index (χ1n) is 8.24. The Morgan fingerprint density at radius 2 is 1.85 bits per heavy atom. The Morgan fingerprint density at radius 1 is 1.10 bits per heavy atom. The quantitative estimate of drug-likeness (QED) is 0.832. The van der Waals surface area contributed by atoms with Gasteiger partial charge in [0.25, 0.3) is 0 Å². The van der Waals surface area contributed by atoms with Gasteiger partial charge in [-0.15, -0.1) is 0 Å². The van der Waals surface area contributed by atoms with Gasteiger partial charge in [-0.25, -0.2) is 4.98 Å². The average molecular weight is 273 g/mol. The van der Waals surface area contributed by atoms with Gasteiger partial charge in [-0.3, -0.25) is 0 Å². The number of hydrogen-bond donors (Lipinski definition) is 1. The first-order valence-corrected chi connectivity index (χ1v) is 8.24. The van der Waals surface area contributed by atoms with Crippen LogP contribution in [0.4, 0.5) is 5.82 Å². The van der Waals surface area contributed by atoms with E-state index < -0.39 is 0 Å². The number of nitrogens with zero attached hydrogens (tertiary/aromatic N) is 2. The molecule has 3 nitrogen and oxygen atoms in total. The molecule has 3 heteroatoms. The largest absolute Gasteiger partial charge is 0.357 e. The van der Waals surface area contributed by atoms with Gasteiger partial charge in [0, 0.05) is 31.9 Å². The molecular formula is C17H27N3. The predicted molar refractivity (Wildman–Crippen MR) is 84.0 cm³/mol. The van der Waals surface area contributed by atoms with E-state index in [0.717, 1.165) is 18.4 Å². The topological polar surface area (TPSA) is 28.2 Å². The summed E-state index contributed by atoms with van der Waals surface area (Å²) in [7, 11) is 2.21. The van der Waals surface area contributed by atoms with E-state index in [1.165, 1.54) is 56.9 Å². The van der Waals surface area contributed by atoms with Gasteiger partial charge in [0.05, 0.1) is 0 Å². The molecule has 0 aliphatic heterocycles. The molecule has 2 aliphatic carbocycles. The number of pyridine rings is 1. The van der Waals surface area contributed by atoms with Crippen LogP contribution in [0.2, 0.25) is 0 Å². The lowest BCUT2D eigenvalue weighted by molar-refractivity contribution is 0.549. The summed E-state index contributed by atoms with van der Waals surface area (Å²) in [5.74, 6) is 1.13. The van der Waals surface area contributed by atoms with Crippen molar-refractivity contribution in [3.8, 4) is 0 Å². The Balaban J connectivity index is 1.57. The molecule has 0 saturated heterocycles. The zero-order valence-electron chi connectivity index (χ0n) is 12.6. The van der Waals surface area contributed by atoms with Crippen LogP contribution in [0.5, 0.6) is 0 Å². The van der Waals surface area contributed by atoms with Crippen LogP contribution >= 0.6 is 0 Å². The zero-order valence-corrected chi connectivity index (χ0v) is 12.6. The van der Waals surface area contributed by atoms with Crippen molar-refractivity contribution in [2.75, 3.05) is 11.9 Å². The second-order valence-electron chi connectivity index (χ2n) is 6.44. The molecule has 0 spiro atoms. The molecule has 0 amide bonds. The van der Waals surface area contributed by atoms with Crippen molar-refractivity contribution in [3.05, 3.63) is 23.9 Å². The van der Waals surface area contributed by atoms with Crippen LogP contribution in [-0.2, 0) is 6.54 Å². The number of hydrogen-bond acceptors (Lipinski definition) is 3.